The van der Waals surface area contributed by atoms with Crippen LogP contribution in [0.15, 0.2) is 21.3 Å². The summed E-state index contributed by atoms with van der Waals surface area (Å²) in [6, 6.07) is 3.33. The van der Waals surface area contributed by atoms with Crippen molar-refractivity contribution >= 4 is 22.5 Å². The van der Waals surface area contributed by atoms with Crippen molar-refractivity contribution in [3.63, 3.8) is 0 Å². The van der Waals surface area contributed by atoms with Crippen LogP contribution >= 0.6 is 0 Å². The minimum absolute atomic E-state index is 0.0133. The summed E-state index contributed by atoms with van der Waals surface area (Å²) in [5, 5.41) is 12.8. The lowest BCUT2D eigenvalue weighted by Gasteiger charge is -2.32. The fourth-order valence-corrected chi connectivity index (χ4v) is 2.10. The SMILES string of the molecule is CCC(CC)(CO)Nc1cc2[nH]c(=O)oc2cc1N. The summed E-state index contributed by atoms with van der Waals surface area (Å²) in [4.78, 5) is 13.7. The summed E-state index contributed by atoms with van der Waals surface area (Å²) in [7, 11) is 0. The van der Waals surface area contributed by atoms with E-state index in [1.54, 1.807) is 12.1 Å². The van der Waals surface area contributed by atoms with Crippen LogP contribution in [0.3, 0.4) is 0 Å². The average Bonchev–Trinajstić information content (AvgIpc) is 2.75. The second kappa shape index (κ2) is 4.97. The van der Waals surface area contributed by atoms with Gasteiger partial charge in [-0.1, -0.05) is 13.8 Å². The van der Waals surface area contributed by atoms with Gasteiger partial charge in [-0.15, -0.1) is 0 Å². The number of fused-ring (bicyclic) bond motifs is 1. The molecule has 0 amide bonds. The lowest BCUT2D eigenvalue weighted by molar-refractivity contribution is 0.202. The topological polar surface area (TPSA) is 104 Å². The highest BCUT2D eigenvalue weighted by atomic mass is 16.4. The molecule has 6 nitrogen and oxygen atoms in total. The van der Waals surface area contributed by atoms with Crippen molar-refractivity contribution < 1.29 is 9.52 Å². The monoisotopic (exact) mass is 265 g/mol. The Balaban J connectivity index is 2.44. The van der Waals surface area contributed by atoms with Crippen LogP contribution in [0.4, 0.5) is 11.4 Å². The molecule has 0 aliphatic carbocycles. The van der Waals surface area contributed by atoms with Crippen molar-refractivity contribution in [3.05, 3.63) is 22.7 Å². The molecule has 19 heavy (non-hydrogen) atoms. The number of oxazole rings is 1. The molecule has 0 aliphatic heterocycles. The van der Waals surface area contributed by atoms with Crippen LogP contribution in [0, 0.1) is 0 Å². The summed E-state index contributed by atoms with van der Waals surface area (Å²) in [6.45, 7) is 4.02. The summed E-state index contributed by atoms with van der Waals surface area (Å²) >= 11 is 0. The molecule has 0 saturated carbocycles. The quantitative estimate of drug-likeness (QED) is 0.615. The molecular weight excluding hydrogens is 246 g/mol. The largest absolute Gasteiger partial charge is 0.417 e. The lowest BCUT2D eigenvalue weighted by atomic mass is 9.93. The van der Waals surface area contributed by atoms with E-state index in [0.717, 1.165) is 12.8 Å². The molecular formula is C13H19N3O3. The van der Waals surface area contributed by atoms with Gasteiger partial charge in [0.25, 0.3) is 0 Å². The Hall–Kier alpha value is -1.95. The lowest BCUT2D eigenvalue weighted by Crippen LogP contribution is -2.41. The van der Waals surface area contributed by atoms with E-state index >= 15 is 0 Å². The van der Waals surface area contributed by atoms with Crippen LogP contribution in [0.2, 0.25) is 0 Å². The molecule has 1 aromatic heterocycles. The van der Waals surface area contributed by atoms with Gasteiger partial charge < -0.3 is 20.6 Å². The number of anilines is 2. The third kappa shape index (κ3) is 2.44. The van der Waals surface area contributed by atoms with Gasteiger partial charge in [0.15, 0.2) is 5.58 Å². The van der Waals surface area contributed by atoms with Crippen molar-refractivity contribution in [2.75, 3.05) is 17.7 Å². The molecule has 5 N–H and O–H groups in total. The van der Waals surface area contributed by atoms with E-state index in [9.17, 15) is 9.90 Å². The number of aliphatic hydroxyl groups excluding tert-OH is 1. The Morgan fingerprint density at radius 2 is 2.11 bits per heavy atom. The van der Waals surface area contributed by atoms with Crippen LogP contribution in [0.1, 0.15) is 26.7 Å². The van der Waals surface area contributed by atoms with Gasteiger partial charge in [-0.25, -0.2) is 4.79 Å². The first-order valence-electron chi connectivity index (χ1n) is 6.35. The van der Waals surface area contributed by atoms with E-state index in [-0.39, 0.29) is 6.61 Å². The molecule has 2 aromatic rings. The second-order valence-corrected chi connectivity index (χ2v) is 4.72. The number of nitrogens with one attached hydrogen (secondary N) is 2. The zero-order chi connectivity index (χ0) is 14.0. The van der Waals surface area contributed by atoms with Gasteiger partial charge in [-0.05, 0) is 18.9 Å². The third-order valence-corrected chi connectivity index (χ3v) is 3.65. The van der Waals surface area contributed by atoms with Crippen LogP contribution in [0.5, 0.6) is 0 Å². The zero-order valence-electron chi connectivity index (χ0n) is 11.1. The maximum atomic E-state index is 11.1. The molecule has 6 heteroatoms. The maximum Gasteiger partial charge on any atom is 0.417 e. The third-order valence-electron chi connectivity index (χ3n) is 3.65. The Bertz CT molecular complexity index is 617. The molecule has 0 fully saturated rings. The van der Waals surface area contributed by atoms with E-state index in [1.165, 1.54) is 0 Å². The molecule has 0 aliphatic rings. The van der Waals surface area contributed by atoms with Gasteiger partial charge in [0.1, 0.15) is 0 Å². The summed E-state index contributed by atoms with van der Waals surface area (Å²) in [6.07, 6.45) is 1.53. The highest BCUT2D eigenvalue weighted by Gasteiger charge is 2.25. The summed E-state index contributed by atoms with van der Waals surface area (Å²) in [5.74, 6) is -0.508. The van der Waals surface area contributed by atoms with E-state index in [2.05, 4.69) is 10.3 Å². The van der Waals surface area contributed by atoms with Crippen LogP contribution < -0.4 is 16.8 Å². The number of rotatable bonds is 5. The minimum atomic E-state index is -0.508. The molecule has 0 atom stereocenters. The normalized spacial score (nSPS) is 11.9. The van der Waals surface area contributed by atoms with Crippen molar-refractivity contribution in [2.45, 2.75) is 32.2 Å². The van der Waals surface area contributed by atoms with Gasteiger partial charge in [0.2, 0.25) is 0 Å². The van der Waals surface area contributed by atoms with Crippen LogP contribution in [0.25, 0.3) is 11.1 Å². The molecule has 1 aromatic carbocycles. The van der Waals surface area contributed by atoms with Gasteiger partial charge in [-0.2, -0.15) is 0 Å². The number of benzene rings is 1. The van der Waals surface area contributed by atoms with Gasteiger partial charge in [-0.3, -0.25) is 4.98 Å². The fourth-order valence-electron chi connectivity index (χ4n) is 2.10. The van der Waals surface area contributed by atoms with E-state index in [0.29, 0.717) is 22.5 Å². The fraction of sp³-hybridized carbons (Fsp3) is 0.462. The van der Waals surface area contributed by atoms with E-state index in [1.807, 2.05) is 13.8 Å². The zero-order valence-corrected chi connectivity index (χ0v) is 11.1. The summed E-state index contributed by atoms with van der Waals surface area (Å²) in [5.41, 5.74) is 7.71. The molecule has 1 heterocycles. The average molecular weight is 265 g/mol. The first-order valence-corrected chi connectivity index (χ1v) is 6.35. The van der Waals surface area contributed by atoms with E-state index in [4.69, 9.17) is 10.2 Å². The van der Waals surface area contributed by atoms with Crippen molar-refractivity contribution in [3.8, 4) is 0 Å². The maximum absolute atomic E-state index is 11.1. The molecule has 0 radical (unpaired) electrons. The number of aliphatic hydroxyl groups is 1. The van der Waals surface area contributed by atoms with Crippen molar-refractivity contribution in [1.29, 1.82) is 0 Å². The molecule has 0 spiro atoms. The van der Waals surface area contributed by atoms with Crippen LogP contribution in [-0.4, -0.2) is 22.2 Å². The number of hydrogen-bond donors (Lipinski definition) is 4. The van der Waals surface area contributed by atoms with Crippen LogP contribution in [-0.2, 0) is 0 Å². The summed E-state index contributed by atoms with van der Waals surface area (Å²) < 4.78 is 4.94. The second-order valence-electron chi connectivity index (χ2n) is 4.72. The number of hydrogen-bond acceptors (Lipinski definition) is 5. The van der Waals surface area contributed by atoms with Crippen molar-refractivity contribution in [1.82, 2.24) is 4.98 Å². The number of aromatic nitrogens is 1. The Morgan fingerprint density at radius 1 is 1.42 bits per heavy atom. The molecule has 104 valence electrons. The number of nitrogen functional groups attached to an aromatic ring is 1. The van der Waals surface area contributed by atoms with Gasteiger partial charge in [0.05, 0.1) is 29.0 Å². The predicted molar refractivity (Wildman–Crippen MR) is 75.3 cm³/mol. The Morgan fingerprint density at radius 3 is 2.68 bits per heavy atom. The predicted octanol–water partition coefficient (Wildman–Crippen LogP) is 1.67. The van der Waals surface area contributed by atoms with Gasteiger partial charge in [0, 0.05) is 6.07 Å². The Kier molecular flexibility index (Phi) is 3.53. The number of nitrogens with two attached hydrogens (primary N) is 1. The van der Waals surface area contributed by atoms with E-state index < -0.39 is 11.3 Å². The Labute approximate surface area is 110 Å². The number of H-pyrrole nitrogens is 1. The molecule has 0 unspecified atom stereocenters. The van der Waals surface area contributed by atoms with Gasteiger partial charge >= 0.3 is 5.76 Å². The smallest absolute Gasteiger partial charge is 0.408 e. The minimum Gasteiger partial charge on any atom is -0.408 e. The highest BCUT2D eigenvalue weighted by Crippen LogP contribution is 2.29. The molecule has 2 rings (SSSR count). The molecule has 0 bridgehead atoms. The van der Waals surface area contributed by atoms with Crippen molar-refractivity contribution in [2.24, 2.45) is 0 Å². The standard InChI is InChI=1S/C13H19N3O3/c1-3-13(4-2,7-17)16-9-6-10-11(5-8(9)14)19-12(18)15-10/h5-6,16-17H,3-4,7,14H2,1-2H3,(H,15,18). The number of aromatic amines is 1. The molecule has 0 saturated heterocycles. The first kappa shape index (κ1) is 13.5. The first-order chi connectivity index (χ1) is 9.03. The highest BCUT2D eigenvalue weighted by molar-refractivity contribution is 5.85.